The van der Waals surface area contributed by atoms with Crippen LogP contribution in [-0.2, 0) is 9.59 Å². The Bertz CT molecular complexity index is 1380. The highest BCUT2D eigenvalue weighted by Crippen LogP contribution is 2.55. The van der Waals surface area contributed by atoms with Crippen molar-refractivity contribution < 1.29 is 39.1 Å². The molecule has 3 atom stereocenters. The summed E-state index contributed by atoms with van der Waals surface area (Å²) in [6.07, 6.45) is 0.692. The third kappa shape index (κ3) is 5.20. The fourth-order valence-corrected chi connectivity index (χ4v) is 4.98. The maximum absolute atomic E-state index is 13.7. The first kappa shape index (κ1) is 26.3. The van der Waals surface area contributed by atoms with Gasteiger partial charge in [-0.1, -0.05) is 48.5 Å². The Morgan fingerprint density at radius 3 is 1.87 bits per heavy atom. The Kier molecular flexibility index (Phi) is 8.01. The van der Waals surface area contributed by atoms with Gasteiger partial charge in [0.2, 0.25) is 0 Å². The van der Waals surface area contributed by atoms with Crippen molar-refractivity contribution in [3.8, 4) is 28.7 Å². The van der Waals surface area contributed by atoms with E-state index in [9.17, 15) is 15.0 Å². The third-order valence-corrected chi connectivity index (χ3v) is 6.87. The molecule has 0 radical (unpaired) electrons. The molecule has 0 aliphatic heterocycles. The van der Waals surface area contributed by atoms with Gasteiger partial charge < -0.3 is 29.5 Å². The molecule has 0 saturated heterocycles. The van der Waals surface area contributed by atoms with E-state index in [0.717, 1.165) is 21.9 Å². The third-order valence-electron chi connectivity index (χ3n) is 6.87. The van der Waals surface area contributed by atoms with Crippen molar-refractivity contribution in [2.45, 2.75) is 18.3 Å². The minimum absolute atomic E-state index is 0.0466. The van der Waals surface area contributed by atoms with Crippen molar-refractivity contribution in [1.29, 1.82) is 0 Å². The minimum atomic E-state index is -0.475. The zero-order chi connectivity index (χ0) is 27.2. The van der Waals surface area contributed by atoms with E-state index in [1.54, 1.807) is 30.3 Å². The predicted octanol–water partition coefficient (Wildman–Crippen LogP) is 5.46. The average Bonchev–Trinajstić information content (AvgIpc) is 2.90. The number of carbonyl (C=O) groups is 2. The summed E-state index contributed by atoms with van der Waals surface area (Å²) in [6, 6.07) is 23.8. The molecule has 0 spiro atoms. The maximum atomic E-state index is 13.7. The van der Waals surface area contributed by atoms with Crippen LogP contribution in [0.4, 0.5) is 0 Å². The van der Waals surface area contributed by atoms with Gasteiger partial charge in [-0.15, -0.1) is 0 Å². The van der Waals surface area contributed by atoms with Crippen LogP contribution in [0.5, 0.6) is 28.7 Å². The topological polar surface area (TPSA) is 123 Å². The van der Waals surface area contributed by atoms with E-state index in [4.69, 9.17) is 24.1 Å². The molecule has 4 aromatic carbocycles. The minimum Gasteiger partial charge on any atom is -0.504 e. The molecule has 1 fully saturated rings. The number of phenols is 2. The summed E-state index contributed by atoms with van der Waals surface area (Å²) in [5.74, 6) is 0.268. The number of methoxy groups -OCH3 is 2. The lowest BCUT2D eigenvalue weighted by Crippen LogP contribution is -2.41. The van der Waals surface area contributed by atoms with Crippen LogP contribution in [0.2, 0.25) is 0 Å². The van der Waals surface area contributed by atoms with Crippen LogP contribution < -0.4 is 14.2 Å². The van der Waals surface area contributed by atoms with Crippen molar-refractivity contribution in [1.82, 2.24) is 0 Å². The van der Waals surface area contributed by atoms with E-state index in [1.807, 2.05) is 48.5 Å². The molecule has 0 bridgehead atoms. The molecule has 4 aromatic rings. The number of hydrogen-bond acceptors (Lipinski definition) is 7. The van der Waals surface area contributed by atoms with Crippen LogP contribution in [0.1, 0.15) is 29.4 Å². The lowest BCUT2D eigenvalue weighted by molar-refractivity contribution is -0.144. The van der Waals surface area contributed by atoms with Crippen molar-refractivity contribution >= 4 is 23.2 Å². The highest BCUT2D eigenvalue weighted by Gasteiger charge is 2.48. The van der Waals surface area contributed by atoms with Gasteiger partial charge in [0.25, 0.3) is 6.47 Å². The number of ether oxygens (including phenoxy) is 3. The molecule has 0 aromatic heterocycles. The van der Waals surface area contributed by atoms with Crippen LogP contribution in [0, 0.1) is 5.92 Å². The van der Waals surface area contributed by atoms with Crippen molar-refractivity contribution in [2.24, 2.45) is 5.92 Å². The summed E-state index contributed by atoms with van der Waals surface area (Å²) in [4.78, 5) is 22.0. The number of phenolic OH excluding ortho intramolecular Hbond substituents is 2. The number of benzene rings is 4. The number of rotatable bonds is 6. The van der Waals surface area contributed by atoms with Crippen LogP contribution in [0.25, 0.3) is 10.8 Å². The number of carbonyl (C=O) groups excluding carboxylic acids is 1. The lowest BCUT2D eigenvalue weighted by Gasteiger charge is -2.43. The van der Waals surface area contributed by atoms with Gasteiger partial charge >= 0.3 is 5.97 Å². The highest BCUT2D eigenvalue weighted by molar-refractivity contribution is 5.91. The van der Waals surface area contributed by atoms with Crippen molar-refractivity contribution in [3.63, 3.8) is 0 Å². The fourth-order valence-electron chi connectivity index (χ4n) is 4.98. The van der Waals surface area contributed by atoms with E-state index >= 15 is 0 Å². The van der Waals surface area contributed by atoms with Gasteiger partial charge in [-0.05, 0) is 65.1 Å². The molecular weight excluding hydrogens is 488 g/mol. The van der Waals surface area contributed by atoms with Gasteiger partial charge in [0.05, 0.1) is 20.1 Å². The molecule has 1 aliphatic carbocycles. The molecule has 5 rings (SSSR count). The Morgan fingerprint density at radius 2 is 1.32 bits per heavy atom. The Morgan fingerprint density at radius 1 is 0.789 bits per heavy atom. The van der Waals surface area contributed by atoms with Crippen LogP contribution in [-0.4, -0.2) is 42.0 Å². The number of esters is 1. The molecule has 196 valence electrons. The number of fused-ring (bicyclic) bond motifs is 1. The van der Waals surface area contributed by atoms with E-state index in [0.29, 0.717) is 23.7 Å². The standard InChI is InChI=1S/C29H26O6.CH2O2/c1-33-26-14-18(10-12-23(26)30)21-16-22(19-11-13-24(31)27(15-19)34-2)28(21)29(32)35-25-9-5-7-17-6-3-4-8-20(17)25;2-1-3/h3-15,21-22,28,30-31H,16H2,1-2H3;1H,(H,2,3)/t21-,22?,28?;/m0./s1. The summed E-state index contributed by atoms with van der Waals surface area (Å²) < 4.78 is 16.6. The zero-order valence-electron chi connectivity index (χ0n) is 20.9. The molecule has 8 nitrogen and oxygen atoms in total. The first-order chi connectivity index (χ1) is 18.4. The first-order valence-corrected chi connectivity index (χ1v) is 11.9. The lowest BCUT2D eigenvalue weighted by atomic mass is 9.60. The van der Waals surface area contributed by atoms with Crippen LogP contribution in [0.3, 0.4) is 0 Å². The summed E-state index contributed by atoms with van der Waals surface area (Å²) in [7, 11) is 2.99. The molecule has 0 amide bonds. The molecule has 3 N–H and O–H groups in total. The van der Waals surface area contributed by atoms with Crippen molar-refractivity contribution in [3.05, 3.63) is 90.0 Å². The molecule has 0 heterocycles. The summed E-state index contributed by atoms with van der Waals surface area (Å²) >= 11 is 0. The molecule has 2 unspecified atom stereocenters. The van der Waals surface area contributed by atoms with Gasteiger partial charge in [-0.2, -0.15) is 0 Å². The molecule has 8 heteroatoms. The second-order valence-corrected chi connectivity index (χ2v) is 8.84. The smallest absolute Gasteiger partial charge is 0.315 e. The quantitative estimate of drug-likeness (QED) is 0.175. The Labute approximate surface area is 219 Å². The second kappa shape index (κ2) is 11.6. The summed E-state index contributed by atoms with van der Waals surface area (Å²) in [6.45, 7) is -0.250. The van der Waals surface area contributed by atoms with E-state index in [2.05, 4.69) is 0 Å². The van der Waals surface area contributed by atoms with Crippen LogP contribution in [0.15, 0.2) is 78.9 Å². The molecular formula is C30H28O8. The van der Waals surface area contributed by atoms with Crippen molar-refractivity contribution in [2.75, 3.05) is 14.2 Å². The first-order valence-electron chi connectivity index (χ1n) is 11.9. The van der Waals surface area contributed by atoms with E-state index < -0.39 is 5.92 Å². The van der Waals surface area contributed by atoms with Gasteiger partial charge in [-0.3, -0.25) is 9.59 Å². The van der Waals surface area contributed by atoms with E-state index in [1.165, 1.54) is 14.2 Å². The fraction of sp³-hybridized carbons (Fsp3) is 0.200. The van der Waals surface area contributed by atoms with Crippen LogP contribution >= 0.6 is 0 Å². The molecule has 1 aliphatic rings. The predicted molar refractivity (Wildman–Crippen MR) is 141 cm³/mol. The zero-order valence-corrected chi connectivity index (χ0v) is 20.9. The van der Waals surface area contributed by atoms with Gasteiger partial charge in [0, 0.05) is 5.39 Å². The summed E-state index contributed by atoms with van der Waals surface area (Å²) in [5.41, 5.74) is 1.78. The SMILES string of the molecule is COc1cc(C2C[C@@H](c3ccc(O)c(OC)c3)C2C(=O)Oc2cccc3ccccc23)ccc1O.O=CO. The van der Waals surface area contributed by atoms with Gasteiger partial charge in [0.15, 0.2) is 23.0 Å². The molecule has 1 saturated carbocycles. The maximum Gasteiger partial charge on any atom is 0.315 e. The number of carboxylic acid groups (broad SMARTS) is 1. The second-order valence-electron chi connectivity index (χ2n) is 8.84. The van der Waals surface area contributed by atoms with Gasteiger partial charge in [-0.25, -0.2) is 0 Å². The monoisotopic (exact) mass is 516 g/mol. The number of hydrogen-bond donors (Lipinski definition) is 3. The Balaban J connectivity index is 0.00000107. The number of aromatic hydroxyl groups is 2. The highest BCUT2D eigenvalue weighted by atomic mass is 16.5. The Hall–Kier alpha value is -4.72. The largest absolute Gasteiger partial charge is 0.504 e. The average molecular weight is 517 g/mol. The molecule has 38 heavy (non-hydrogen) atoms. The normalized spacial score (nSPS) is 17.9. The summed E-state index contributed by atoms with van der Waals surface area (Å²) in [5, 5.41) is 28.8. The van der Waals surface area contributed by atoms with Gasteiger partial charge in [0.1, 0.15) is 5.75 Å². The van der Waals surface area contributed by atoms with E-state index in [-0.39, 0.29) is 35.8 Å².